The highest BCUT2D eigenvalue weighted by atomic mass is 16.6. The van der Waals surface area contributed by atoms with Gasteiger partial charge in [-0.05, 0) is 47.9 Å². The average Bonchev–Trinajstić information content (AvgIpc) is 2.81. The van der Waals surface area contributed by atoms with E-state index < -0.39 is 18.0 Å². The van der Waals surface area contributed by atoms with Gasteiger partial charge in [0.15, 0.2) is 0 Å². The Kier molecular flexibility index (Phi) is 6.31. The summed E-state index contributed by atoms with van der Waals surface area (Å²) < 4.78 is 5.21. The third-order valence-electron chi connectivity index (χ3n) is 6.28. The lowest BCUT2D eigenvalue weighted by atomic mass is 9.78. The van der Waals surface area contributed by atoms with Crippen molar-refractivity contribution in [2.24, 2.45) is 0 Å². The highest BCUT2D eigenvalue weighted by Gasteiger charge is 2.50. The maximum Gasteiger partial charge on any atom is 0.244 e. The van der Waals surface area contributed by atoms with Gasteiger partial charge in [-0.25, -0.2) is 0 Å². The lowest BCUT2D eigenvalue weighted by molar-refractivity contribution is -0.537. The number of phenols is 1. The van der Waals surface area contributed by atoms with Crippen molar-refractivity contribution in [2.45, 2.75) is 37.9 Å². The SMILES string of the molecule is COc1ccc(CN2C(=O)C[C@@H](c3ccc(C)cc3)[C@H]([N+](=O)[O-])[C@H]2c2ccc(O)cc2)cc1. The topological polar surface area (TPSA) is 92.9 Å². The zero-order chi connectivity index (χ0) is 23.5. The number of hydrogen-bond acceptors (Lipinski definition) is 5. The number of rotatable bonds is 6. The van der Waals surface area contributed by atoms with Crippen LogP contribution in [0.3, 0.4) is 0 Å². The number of likely N-dealkylation sites (tertiary alicyclic amines) is 1. The Morgan fingerprint density at radius 1 is 1.00 bits per heavy atom. The van der Waals surface area contributed by atoms with Crippen LogP contribution < -0.4 is 4.74 Å². The van der Waals surface area contributed by atoms with Gasteiger partial charge in [-0.3, -0.25) is 14.9 Å². The average molecular weight is 447 g/mol. The Balaban J connectivity index is 1.77. The van der Waals surface area contributed by atoms with Gasteiger partial charge >= 0.3 is 0 Å². The van der Waals surface area contributed by atoms with Gasteiger partial charge in [0, 0.05) is 17.9 Å². The summed E-state index contributed by atoms with van der Waals surface area (Å²) in [5.41, 5.74) is 3.30. The van der Waals surface area contributed by atoms with E-state index in [0.29, 0.717) is 11.3 Å². The molecule has 0 saturated carbocycles. The molecule has 0 bridgehead atoms. The summed E-state index contributed by atoms with van der Waals surface area (Å²) in [6.45, 7) is 2.19. The second-order valence-electron chi connectivity index (χ2n) is 8.40. The molecule has 0 unspecified atom stereocenters. The predicted molar refractivity (Wildman–Crippen MR) is 124 cm³/mol. The molecule has 1 N–H and O–H groups in total. The number of benzene rings is 3. The van der Waals surface area contributed by atoms with E-state index in [2.05, 4.69) is 0 Å². The summed E-state index contributed by atoms with van der Waals surface area (Å²) in [4.78, 5) is 27.2. The van der Waals surface area contributed by atoms with Gasteiger partial charge in [-0.2, -0.15) is 0 Å². The number of aromatic hydroxyl groups is 1. The number of aryl methyl sites for hydroxylation is 1. The van der Waals surface area contributed by atoms with Crippen LogP contribution in [0.1, 0.15) is 40.6 Å². The second kappa shape index (κ2) is 9.32. The zero-order valence-electron chi connectivity index (χ0n) is 18.5. The minimum atomic E-state index is -1.03. The molecule has 0 radical (unpaired) electrons. The maximum absolute atomic E-state index is 13.4. The fourth-order valence-electron chi connectivity index (χ4n) is 4.54. The minimum Gasteiger partial charge on any atom is -0.508 e. The number of hydrogen-bond donors (Lipinski definition) is 1. The quantitative estimate of drug-likeness (QED) is 0.441. The van der Waals surface area contributed by atoms with E-state index in [-0.39, 0.29) is 29.5 Å². The van der Waals surface area contributed by atoms with Crippen LogP contribution in [-0.4, -0.2) is 34.0 Å². The highest BCUT2D eigenvalue weighted by molar-refractivity contribution is 5.79. The molecule has 33 heavy (non-hydrogen) atoms. The molecule has 0 spiro atoms. The number of piperidine rings is 1. The van der Waals surface area contributed by atoms with Crippen molar-refractivity contribution in [3.63, 3.8) is 0 Å². The van der Waals surface area contributed by atoms with Gasteiger partial charge < -0.3 is 14.7 Å². The van der Waals surface area contributed by atoms with Crippen molar-refractivity contribution in [1.29, 1.82) is 0 Å². The number of carbonyl (C=O) groups is 1. The first-order valence-electron chi connectivity index (χ1n) is 10.8. The number of nitro groups is 1. The molecular weight excluding hydrogens is 420 g/mol. The molecule has 1 saturated heterocycles. The first kappa shape index (κ1) is 22.3. The molecule has 3 aromatic rings. The molecule has 1 aliphatic rings. The van der Waals surface area contributed by atoms with Crippen LogP contribution in [0.5, 0.6) is 11.5 Å². The van der Waals surface area contributed by atoms with E-state index in [1.165, 1.54) is 12.1 Å². The van der Waals surface area contributed by atoms with E-state index in [4.69, 9.17) is 4.74 Å². The Labute approximate surface area is 192 Å². The minimum absolute atomic E-state index is 0.0550. The Hall–Kier alpha value is -3.87. The standard InChI is InChI=1S/C26H26N2O5/c1-17-3-7-19(8-4-17)23-15-24(30)27(16-18-5-13-22(33-2)14-6-18)25(26(23)28(31)32)20-9-11-21(29)12-10-20/h3-14,23,25-26,29H,15-16H2,1-2H3/t23-,25+,26-/m0/s1. The normalized spacial score (nSPS) is 20.5. The third-order valence-corrected chi connectivity index (χ3v) is 6.28. The summed E-state index contributed by atoms with van der Waals surface area (Å²) >= 11 is 0. The van der Waals surface area contributed by atoms with E-state index in [0.717, 1.165) is 16.7 Å². The van der Waals surface area contributed by atoms with Gasteiger partial charge in [0.2, 0.25) is 11.9 Å². The summed E-state index contributed by atoms with van der Waals surface area (Å²) in [6.07, 6.45) is 0.0550. The van der Waals surface area contributed by atoms with Crippen molar-refractivity contribution in [3.8, 4) is 11.5 Å². The number of ether oxygens (including phenoxy) is 1. The fourth-order valence-corrected chi connectivity index (χ4v) is 4.54. The van der Waals surface area contributed by atoms with Gasteiger partial charge in [0.1, 0.15) is 17.5 Å². The van der Waals surface area contributed by atoms with Gasteiger partial charge in [-0.15, -0.1) is 0 Å². The van der Waals surface area contributed by atoms with Crippen LogP contribution in [0.4, 0.5) is 0 Å². The molecule has 1 fully saturated rings. The van der Waals surface area contributed by atoms with E-state index in [9.17, 15) is 20.0 Å². The summed E-state index contributed by atoms with van der Waals surface area (Å²) in [6, 6.07) is 19.4. The molecule has 7 nitrogen and oxygen atoms in total. The van der Waals surface area contributed by atoms with E-state index in [1.807, 2.05) is 43.3 Å². The number of carbonyl (C=O) groups excluding carboxylic acids is 1. The number of nitrogens with zero attached hydrogens (tertiary/aromatic N) is 2. The van der Waals surface area contributed by atoms with E-state index >= 15 is 0 Å². The zero-order valence-corrected chi connectivity index (χ0v) is 18.5. The first-order valence-corrected chi connectivity index (χ1v) is 10.8. The molecule has 7 heteroatoms. The molecule has 1 heterocycles. The van der Waals surface area contributed by atoms with Crippen molar-refractivity contribution >= 4 is 5.91 Å². The molecule has 170 valence electrons. The molecule has 0 aromatic heterocycles. The highest BCUT2D eigenvalue weighted by Crippen LogP contribution is 2.43. The van der Waals surface area contributed by atoms with Gasteiger partial charge in [0.25, 0.3) is 0 Å². The summed E-state index contributed by atoms with van der Waals surface area (Å²) in [7, 11) is 1.58. The monoisotopic (exact) mass is 446 g/mol. The van der Waals surface area contributed by atoms with Crippen LogP contribution >= 0.6 is 0 Å². The van der Waals surface area contributed by atoms with Crippen LogP contribution in [0.25, 0.3) is 0 Å². The lowest BCUT2D eigenvalue weighted by Gasteiger charge is -2.41. The molecule has 1 aliphatic heterocycles. The number of amides is 1. The molecule has 0 aliphatic carbocycles. The lowest BCUT2D eigenvalue weighted by Crippen LogP contribution is -2.51. The Bertz CT molecular complexity index is 1130. The molecule has 4 rings (SSSR count). The Morgan fingerprint density at radius 2 is 1.61 bits per heavy atom. The largest absolute Gasteiger partial charge is 0.508 e. The van der Waals surface area contributed by atoms with Crippen molar-refractivity contribution in [1.82, 2.24) is 4.90 Å². The smallest absolute Gasteiger partial charge is 0.244 e. The van der Waals surface area contributed by atoms with Gasteiger partial charge in [-0.1, -0.05) is 54.1 Å². The van der Waals surface area contributed by atoms with Crippen molar-refractivity contribution < 1.29 is 19.6 Å². The van der Waals surface area contributed by atoms with Crippen LogP contribution in [-0.2, 0) is 11.3 Å². The number of phenolic OH excluding ortho intramolecular Hbond substituents is 1. The van der Waals surface area contributed by atoms with Crippen LogP contribution in [0.15, 0.2) is 72.8 Å². The first-order chi connectivity index (χ1) is 15.9. The molecule has 3 atom stereocenters. The predicted octanol–water partition coefficient (Wildman–Crippen LogP) is 4.61. The van der Waals surface area contributed by atoms with Crippen molar-refractivity contribution in [3.05, 3.63) is 105 Å². The third kappa shape index (κ3) is 4.67. The van der Waals surface area contributed by atoms with Gasteiger partial charge in [0.05, 0.1) is 13.0 Å². The summed E-state index contributed by atoms with van der Waals surface area (Å²) in [5.74, 6) is 0.0586. The fraction of sp³-hybridized carbons (Fsp3) is 0.269. The Morgan fingerprint density at radius 3 is 2.18 bits per heavy atom. The second-order valence-corrected chi connectivity index (χ2v) is 8.40. The molecular formula is C26H26N2O5. The summed E-state index contributed by atoms with van der Waals surface area (Å²) in [5, 5.41) is 22.2. The van der Waals surface area contributed by atoms with Crippen LogP contribution in [0.2, 0.25) is 0 Å². The number of methoxy groups -OCH3 is 1. The molecule has 3 aromatic carbocycles. The molecule has 1 amide bonds. The van der Waals surface area contributed by atoms with Crippen LogP contribution in [0, 0.1) is 17.0 Å². The van der Waals surface area contributed by atoms with E-state index in [1.54, 1.807) is 36.3 Å². The van der Waals surface area contributed by atoms with Crippen molar-refractivity contribution in [2.75, 3.05) is 7.11 Å². The maximum atomic E-state index is 13.4.